The summed E-state index contributed by atoms with van der Waals surface area (Å²) in [5, 5.41) is 2.79. The minimum atomic E-state index is -0.563. The van der Waals surface area contributed by atoms with Crippen molar-refractivity contribution in [3.8, 4) is 0 Å². The van der Waals surface area contributed by atoms with Crippen molar-refractivity contribution in [3.05, 3.63) is 64.1 Å². The van der Waals surface area contributed by atoms with Crippen molar-refractivity contribution in [1.82, 2.24) is 4.98 Å². The van der Waals surface area contributed by atoms with Crippen LogP contribution in [0.15, 0.2) is 51.7 Å². The third kappa shape index (κ3) is 4.08. The first kappa shape index (κ1) is 17.7. The topological polar surface area (TPSA) is 92.2 Å². The Morgan fingerprint density at radius 2 is 1.81 bits per heavy atom. The Kier molecular flexibility index (Phi) is 5.02. The normalized spacial score (nSPS) is 11.0. The highest BCUT2D eigenvalue weighted by molar-refractivity contribution is 6.01. The molecule has 0 spiro atoms. The summed E-state index contributed by atoms with van der Waals surface area (Å²) < 4.78 is 4.95. The number of aromatic nitrogens is 1. The number of carbonyl (C=O) groups is 2. The molecular weight excluding hydrogens is 332 g/mol. The molecule has 3 rings (SSSR count). The SMILES string of the molecule is CC(C)c1ccc(NC(=O)CCC(=O)c2ccc3[nH]c(=O)oc3c2)cc1. The van der Waals surface area contributed by atoms with Crippen molar-refractivity contribution in [2.24, 2.45) is 0 Å². The molecule has 0 aliphatic heterocycles. The third-order valence-corrected chi connectivity index (χ3v) is 4.18. The zero-order valence-electron chi connectivity index (χ0n) is 14.7. The summed E-state index contributed by atoms with van der Waals surface area (Å²) in [6, 6.07) is 12.4. The standard InChI is InChI=1S/C20H20N2O4/c1-12(2)13-3-6-15(7-4-13)21-19(24)10-9-17(23)14-5-8-16-18(11-14)26-20(25)22-16/h3-8,11-12H,9-10H2,1-2H3,(H,21,24)(H,22,25). The summed E-state index contributed by atoms with van der Waals surface area (Å²) in [5.41, 5.74) is 3.19. The van der Waals surface area contributed by atoms with Crippen molar-refractivity contribution in [2.45, 2.75) is 32.6 Å². The van der Waals surface area contributed by atoms with E-state index in [9.17, 15) is 14.4 Å². The van der Waals surface area contributed by atoms with E-state index in [0.29, 0.717) is 28.3 Å². The molecule has 0 aliphatic carbocycles. The predicted octanol–water partition coefficient (Wildman–Crippen LogP) is 3.85. The van der Waals surface area contributed by atoms with Gasteiger partial charge in [0.25, 0.3) is 0 Å². The highest BCUT2D eigenvalue weighted by Crippen LogP contribution is 2.18. The first-order chi connectivity index (χ1) is 12.4. The molecule has 1 amide bonds. The molecule has 0 bridgehead atoms. The van der Waals surface area contributed by atoms with Crippen molar-refractivity contribution in [1.29, 1.82) is 0 Å². The number of carbonyl (C=O) groups excluding carboxylic acids is 2. The monoisotopic (exact) mass is 352 g/mol. The number of anilines is 1. The summed E-state index contributed by atoms with van der Waals surface area (Å²) >= 11 is 0. The summed E-state index contributed by atoms with van der Waals surface area (Å²) in [5.74, 6) is -0.530. The van der Waals surface area contributed by atoms with Gasteiger partial charge in [-0.25, -0.2) is 4.79 Å². The van der Waals surface area contributed by atoms with Gasteiger partial charge in [-0.1, -0.05) is 26.0 Å². The van der Waals surface area contributed by atoms with Crippen LogP contribution in [0.3, 0.4) is 0 Å². The quantitative estimate of drug-likeness (QED) is 0.659. The number of oxazole rings is 1. The lowest BCUT2D eigenvalue weighted by atomic mass is 10.0. The van der Waals surface area contributed by atoms with Gasteiger partial charge in [-0.05, 0) is 41.8 Å². The zero-order chi connectivity index (χ0) is 18.7. The Balaban J connectivity index is 1.57. The molecule has 6 heteroatoms. The summed E-state index contributed by atoms with van der Waals surface area (Å²) in [6.45, 7) is 4.21. The Bertz CT molecular complexity index is 997. The van der Waals surface area contributed by atoms with Crippen LogP contribution in [0.25, 0.3) is 11.1 Å². The number of H-pyrrole nitrogens is 1. The number of nitrogens with one attached hydrogen (secondary N) is 2. The molecule has 0 saturated heterocycles. The minimum Gasteiger partial charge on any atom is -0.408 e. The number of aromatic amines is 1. The zero-order valence-corrected chi connectivity index (χ0v) is 14.7. The van der Waals surface area contributed by atoms with Crippen molar-refractivity contribution in [3.63, 3.8) is 0 Å². The summed E-state index contributed by atoms with van der Waals surface area (Å²) in [4.78, 5) is 38.0. The fourth-order valence-electron chi connectivity index (χ4n) is 2.67. The van der Waals surface area contributed by atoms with Gasteiger partial charge in [0.2, 0.25) is 5.91 Å². The van der Waals surface area contributed by atoms with Gasteiger partial charge < -0.3 is 9.73 Å². The molecule has 26 heavy (non-hydrogen) atoms. The lowest BCUT2D eigenvalue weighted by Gasteiger charge is -2.08. The van der Waals surface area contributed by atoms with Crippen LogP contribution >= 0.6 is 0 Å². The number of amides is 1. The molecule has 2 aromatic carbocycles. The van der Waals surface area contributed by atoms with E-state index in [1.807, 2.05) is 24.3 Å². The Labute approximate surface area is 150 Å². The number of rotatable bonds is 6. The third-order valence-electron chi connectivity index (χ3n) is 4.18. The molecule has 0 fully saturated rings. The van der Waals surface area contributed by atoms with E-state index in [-0.39, 0.29) is 24.5 Å². The van der Waals surface area contributed by atoms with Gasteiger partial charge in [-0.2, -0.15) is 0 Å². The van der Waals surface area contributed by atoms with Crippen LogP contribution in [0.1, 0.15) is 48.5 Å². The van der Waals surface area contributed by atoms with Crippen LogP contribution in [0, 0.1) is 0 Å². The van der Waals surface area contributed by atoms with Gasteiger partial charge in [0.1, 0.15) is 0 Å². The average Bonchev–Trinajstić information content (AvgIpc) is 2.99. The highest BCUT2D eigenvalue weighted by atomic mass is 16.4. The van der Waals surface area contributed by atoms with Crippen LogP contribution in [0.5, 0.6) is 0 Å². The van der Waals surface area contributed by atoms with Crippen LogP contribution in [0.2, 0.25) is 0 Å². The van der Waals surface area contributed by atoms with E-state index in [4.69, 9.17) is 4.42 Å². The molecule has 134 valence electrons. The summed E-state index contributed by atoms with van der Waals surface area (Å²) in [7, 11) is 0. The summed E-state index contributed by atoms with van der Waals surface area (Å²) in [6.07, 6.45) is 0.163. The van der Waals surface area contributed by atoms with Crippen LogP contribution in [0.4, 0.5) is 5.69 Å². The molecule has 0 aliphatic rings. The van der Waals surface area contributed by atoms with Crippen LogP contribution in [-0.2, 0) is 4.79 Å². The molecular formula is C20H20N2O4. The molecule has 0 atom stereocenters. The fraction of sp³-hybridized carbons (Fsp3) is 0.250. The fourth-order valence-corrected chi connectivity index (χ4v) is 2.67. The van der Waals surface area contributed by atoms with Gasteiger partial charge in [0.15, 0.2) is 11.4 Å². The van der Waals surface area contributed by atoms with Crippen LogP contribution in [-0.4, -0.2) is 16.7 Å². The average molecular weight is 352 g/mol. The Morgan fingerprint density at radius 3 is 2.50 bits per heavy atom. The molecule has 1 heterocycles. The largest absolute Gasteiger partial charge is 0.417 e. The maximum Gasteiger partial charge on any atom is 0.417 e. The lowest BCUT2D eigenvalue weighted by molar-refractivity contribution is -0.116. The van der Waals surface area contributed by atoms with Crippen molar-refractivity contribution < 1.29 is 14.0 Å². The molecule has 0 saturated carbocycles. The van der Waals surface area contributed by atoms with Gasteiger partial charge in [-0.3, -0.25) is 14.6 Å². The second-order valence-electron chi connectivity index (χ2n) is 6.47. The molecule has 0 unspecified atom stereocenters. The van der Waals surface area contributed by atoms with E-state index in [1.54, 1.807) is 12.1 Å². The van der Waals surface area contributed by atoms with E-state index < -0.39 is 5.76 Å². The van der Waals surface area contributed by atoms with E-state index >= 15 is 0 Å². The minimum absolute atomic E-state index is 0.0794. The number of hydrogen-bond donors (Lipinski definition) is 2. The molecule has 0 radical (unpaired) electrons. The Morgan fingerprint density at radius 1 is 1.08 bits per heavy atom. The van der Waals surface area contributed by atoms with Gasteiger partial charge in [0.05, 0.1) is 5.52 Å². The number of benzene rings is 2. The number of hydrogen-bond acceptors (Lipinski definition) is 4. The second kappa shape index (κ2) is 7.39. The van der Waals surface area contributed by atoms with Crippen molar-refractivity contribution >= 4 is 28.5 Å². The smallest absolute Gasteiger partial charge is 0.408 e. The first-order valence-corrected chi connectivity index (χ1v) is 8.48. The van der Waals surface area contributed by atoms with E-state index in [0.717, 1.165) is 0 Å². The molecule has 1 aromatic heterocycles. The van der Waals surface area contributed by atoms with Crippen LogP contribution < -0.4 is 11.1 Å². The number of ketones is 1. The van der Waals surface area contributed by atoms with Gasteiger partial charge in [-0.15, -0.1) is 0 Å². The van der Waals surface area contributed by atoms with E-state index in [1.165, 1.54) is 11.6 Å². The molecule has 2 N–H and O–H groups in total. The van der Waals surface area contributed by atoms with Gasteiger partial charge in [0, 0.05) is 24.1 Å². The molecule has 6 nitrogen and oxygen atoms in total. The maximum absolute atomic E-state index is 12.3. The highest BCUT2D eigenvalue weighted by Gasteiger charge is 2.12. The lowest BCUT2D eigenvalue weighted by Crippen LogP contribution is -2.13. The number of Topliss-reactive ketones (excluding diaryl/α,β-unsaturated/α-hetero) is 1. The van der Waals surface area contributed by atoms with Gasteiger partial charge >= 0.3 is 5.76 Å². The second-order valence-corrected chi connectivity index (χ2v) is 6.47. The van der Waals surface area contributed by atoms with Crippen molar-refractivity contribution in [2.75, 3.05) is 5.32 Å². The first-order valence-electron chi connectivity index (χ1n) is 8.48. The van der Waals surface area contributed by atoms with E-state index in [2.05, 4.69) is 24.1 Å². The maximum atomic E-state index is 12.3. The predicted molar refractivity (Wildman–Crippen MR) is 99.6 cm³/mol. The Hall–Kier alpha value is -3.15. The molecule has 3 aromatic rings. The number of fused-ring (bicyclic) bond motifs is 1.